The van der Waals surface area contributed by atoms with Crippen LogP contribution in [-0.4, -0.2) is 6.18 Å². The van der Waals surface area contributed by atoms with Crippen molar-refractivity contribution in [1.29, 1.82) is 0 Å². The Labute approximate surface area is 106 Å². The molecule has 0 heterocycles. The van der Waals surface area contributed by atoms with E-state index in [2.05, 4.69) is 0 Å². The Hall–Kier alpha value is -2.21. The summed E-state index contributed by atoms with van der Waals surface area (Å²) in [6.07, 6.45) is 0.476. The van der Waals surface area contributed by atoms with E-state index in [4.69, 9.17) is 0 Å². The van der Waals surface area contributed by atoms with Crippen molar-refractivity contribution in [3.63, 3.8) is 0 Å². The Morgan fingerprint density at radius 1 is 1.00 bits per heavy atom. The second-order valence-corrected chi connectivity index (χ2v) is 7.32. The first-order valence-corrected chi connectivity index (χ1v) is 7.26. The van der Waals surface area contributed by atoms with Gasteiger partial charge < -0.3 is 0 Å². The van der Waals surface area contributed by atoms with Crippen molar-refractivity contribution in [2.45, 2.75) is 45.7 Å². The van der Waals surface area contributed by atoms with Crippen LogP contribution >= 0.6 is 0 Å². The van der Waals surface area contributed by atoms with E-state index in [0.717, 1.165) is 18.3 Å². The van der Waals surface area contributed by atoms with E-state index in [0.29, 0.717) is 17.8 Å². The number of hydrogen-bond donors (Lipinski definition) is 0. The molecule has 7 unspecified atom stereocenters. The van der Waals surface area contributed by atoms with Crippen molar-refractivity contribution in [3.8, 4) is 0 Å². The molecule has 0 nitrogen and oxygen atoms in total. The van der Waals surface area contributed by atoms with Crippen LogP contribution in [0.3, 0.4) is 0 Å². The van der Waals surface area contributed by atoms with E-state index in [1.165, 1.54) is 26.2 Å². The summed E-state index contributed by atoms with van der Waals surface area (Å²) < 4.78 is 40.6. The predicted octanol–water partition coefficient (Wildman–Crippen LogP) is 4.46. The van der Waals surface area contributed by atoms with Gasteiger partial charge in [0.2, 0.25) is 0 Å². The Kier molecular flexibility index (Phi) is 2.46. The molecular weight excluding hydrogens is 771 g/mol. The minimum Gasteiger partial charge on any atom is -0.299 e. The molecule has 0 aromatic carbocycles. The molecule has 0 saturated heterocycles. The van der Waals surface area contributed by atoms with Crippen molar-refractivity contribution in [1.82, 2.24) is 0 Å². The van der Waals surface area contributed by atoms with Gasteiger partial charge in [0.15, 0.2) is 0 Å². The van der Waals surface area contributed by atoms with Gasteiger partial charge in [-0.25, -0.2) is 0 Å². The normalized spacial score (nSPS) is 52.6. The molecule has 20 heavy (non-hydrogen) atoms. The number of alkyl halides is 3. The van der Waals surface area contributed by atoms with Gasteiger partial charge in [-0.05, 0) is 37.0 Å². The molecule has 4 aliphatic rings. The fourth-order valence-corrected chi connectivity index (χ4v) is 6.36. The minimum absolute atomic E-state index is 0. The third-order valence-electron chi connectivity index (χ3n) is 7.19. The zero-order valence-electron chi connectivity index (χ0n) is 12.3. The average Bonchev–Trinajstić information content (AvgIpc) is 2.97. The van der Waals surface area contributed by atoms with Crippen LogP contribution < -0.4 is 0 Å². The first-order chi connectivity index (χ1) is 8.35. The molecule has 4 saturated carbocycles. The molecule has 0 aliphatic heterocycles. The first kappa shape index (κ1) is 14.2. The molecule has 0 N–H and O–H groups in total. The van der Waals surface area contributed by atoms with Crippen molar-refractivity contribution < 1.29 is 13.2 Å². The van der Waals surface area contributed by atoms with E-state index in [9.17, 15) is 13.2 Å². The number of rotatable bonds is 0. The second-order valence-electron chi connectivity index (χ2n) is 7.32. The Morgan fingerprint density at radius 3 is 2.10 bits per heavy atom. The zero-order valence-corrected chi connectivity index (χ0v) is 25.1. The molecule has 5 heteroatoms. The van der Waals surface area contributed by atoms with E-state index < -0.39 is 11.6 Å². The van der Waals surface area contributed by atoms with Crippen LogP contribution in [-0.2, 0) is 0 Å². The van der Waals surface area contributed by atoms with E-state index in [1.54, 1.807) is 6.92 Å². The number of fused-ring (bicyclic) bond motifs is 9. The molecule has 4 bridgehead atoms. The topological polar surface area (TPSA) is 0 Å². The van der Waals surface area contributed by atoms with Crippen molar-refractivity contribution in [2.24, 2.45) is 40.9 Å². The Morgan fingerprint density at radius 2 is 1.55 bits per heavy atom. The van der Waals surface area contributed by atoms with Gasteiger partial charge in [-0.3, -0.25) is 5.92 Å². The molecule has 4 rings (SSSR count). The zero-order chi connectivity index (χ0) is 12.9. The van der Waals surface area contributed by atoms with Crippen LogP contribution in [0.5, 0.6) is 0 Å². The molecule has 0 radical (unpaired) electrons. The van der Waals surface area contributed by atoms with Crippen LogP contribution in [0.4, 0.5) is 13.2 Å². The van der Waals surface area contributed by atoms with Crippen molar-refractivity contribution in [3.05, 3.63) is 5.92 Å². The summed E-state index contributed by atoms with van der Waals surface area (Å²) in [7, 11) is 0. The fourth-order valence-electron chi connectivity index (χ4n) is 6.36. The quantitative estimate of drug-likeness (QED) is 0.252. The van der Waals surface area contributed by atoms with Gasteiger partial charge in [0, 0.05) is 0 Å². The number of hydrogen-bond acceptors (Lipinski definition) is 0. The number of halogens is 3. The van der Waals surface area contributed by atoms with Gasteiger partial charge in [-0.1, -0.05) is 30.6 Å². The van der Waals surface area contributed by atoms with Gasteiger partial charge in [0.1, 0.15) is 0 Å². The molecule has 0 aromatic rings. The first-order valence-electron chi connectivity index (χ1n) is 7.26. The van der Waals surface area contributed by atoms with Gasteiger partial charge in [0.05, 0.1) is 0 Å². The maximum atomic E-state index is 13.5. The molecule has 4 aliphatic carbocycles. The molecule has 7 atom stereocenters. The SMILES string of the molecule is C[C-]1C2CC(C3C4CCC(C4)C23)C1(C)C(F)(F)F.[Rf].[Rf]. The molecule has 0 amide bonds. The summed E-state index contributed by atoms with van der Waals surface area (Å²) in [5, 5.41) is 0. The van der Waals surface area contributed by atoms with Crippen LogP contribution in [0, 0.1) is 46.8 Å². The molecular formula is C15H20F3Rf2-. The Balaban J connectivity index is 0.000000735. The third-order valence-corrected chi connectivity index (χ3v) is 7.19. The van der Waals surface area contributed by atoms with Crippen LogP contribution in [0.25, 0.3) is 0 Å². The van der Waals surface area contributed by atoms with Crippen LogP contribution in [0.15, 0.2) is 0 Å². The van der Waals surface area contributed by atoms with Gasteiger partial charge in [-0.15, -0.1) is 0 Å². The van der Waals surface area contributed by atoms with Crippen LogP contribution in [0.1, 0.15) is 39.5 Å². The summed E-state index contributed by atoms with van der Waals surface area (Å²) in [6.45, 7) is 3.27. The largest absolute Gasteiger partial charge is 0.368 e. The van der Waals surface area contributed by atoms with Crippen molar-refractivity contribution >= 4 is 0 Å². The van der Waals surface area contributed by atoms with Gasteiger partial charge >= 0.3 is 6.18 Å². The summed E-state index contributed by atoms with van der Waals surface area (Å²) in [5.41, 5.74) is -1.48. The summed E-state index contributed by atoms with van der Waals surface area (Å²) >= 11 is 0. The standard InChI is InChI=1S/C15H20F3.2Rf/c1-7-10-6-11(14(7,2)15(16,17)18)13-9-4-3-8(5-9)12(10)13;;/h8-13H,3-6H2,1-2H3;;/q-1;;. The fraction of sp³-hybridized carbons (Fsp3) is 0.933. The van der Waals surface area contributed by atoms with E-state index in [-0.39, 0.29) is 11.8 Å². The predicted molar refractivity (Wildman–Crippen MR) is 62.5 cm³/mol. The average molecular weight is 791 g/mol. The van der Waals surface area contributed by atoms with Gasteiger partial charge in [0.25, 0.3) is 0 Å². The monoisotopic (exact) mass is 791 g/mol. The van der Waals surface area contributed by atoms with Gasteiger partial charge in [-0.2, -0.15) is 26.0 Å². The summed E-state index contributed by atoms with van der Waals surface area (Å²) in [5.74, 6) is 3.30. The smallest absolute Gasteiger partial charge is 0.299 e. The summed E-state index contributed by atoms with van der Waals surface area (Å²) in [6, 6.07) is 0. The molecule has 0 spiro atoms. The minimum atomic E-state index is -4.05. The summed E-state index contributed by atoms with van der Waals surface area (Å²) in [4.78, 5) is 0. The third kappa shape index (κ3) is 1.11. The molecule has 106 valence electrons. The van der Waals surface area contributed by atoms with Crippen molar-refractivity contribution in [2.75, 3.05) is 0 Å². The van der Waals surface area contributed by atoms with E-state index in [1.807, 2.05) is 0 Å². The maximum absolute atomic E-state index is 13.5. The maximum Gasteiger partial charge on any atom is 0.368 e. The van der Waals surface area contributed by atoms with E-state index >= 15 is 0 Å². The molecule has 4 fully saturated rings. The molecule has 0 aromatic heterocycles. The Bertz CT molecular complexity index is 397. The van der Waals surface area contributed by atoms with Crippen LogP contribution in [0.2, 0.25) is 0 Å². The second kappa shape index (κ2) is 3.46.